The first-order chi connectivity index (χ1) is 19.9. The zero-order valence-corrected chi connectivity index (χ0v) is 24.7. The van der Waals surface area contributed by atoms with Gasteiger partial charge in [0, 0.05) is 40.4 Å². The molecule has 0 spiro atoms. The van der Waals surface area contributed by atoms with Crippen LogP contribution in [0.5, 0.6) is 17.2 Å². The van der Waals surface area contributed by atoms with E-state index in [-0.39, 0.29) is 5.02 Å². The Morgan fingerprint density at radius 2 is 1.95 bits per heavy atom. The zero-order valence-electron chi connectivity index (χ0n) is 23.9. The summed E-state index contributed by atoms with van der Waals surface area (Å²) < 4.78 is 11.6. The van der Waals surface area contributed by atoms with Gasteiger partial charge >= 0.3 is 0 Å². The molecule has 42 heavy (non-hydrogen) atoms. The third-order valence-corrected chi connectivity index (χ3v) is 6.64. The third-order valence-electron chi connectivity index (χ3n) is 6.35. The van der Waals surface area contributed by atoms with Gasteiger partial charge in [-0.15, -0.1) is 0 Å². The van der Waals surface area contributed by atoms with Crippen molar-refractivity contribution in [1.29, 1.82) is 5.26 Å². The average Bonchev–Trinajstić information content (AvgIpc) is 2.93. The number of carbonyl (C=O) groups is 1. The van der Waals surface area contributed by atoms with Crippen molar-refractivity contribution in [2.75, 3.05) is 33.1 Å². The van der Waals surface area contributed by atoms with Crippen molar-refractivity contribution in [3.8, 4) is 23.3 Å². The SMILES string of the molecule is COc1cc2ncnc(Nc3cc(Cl)c(Oc4cccc(C#N)c4)cc3C(C)(C)O)c2cc1C(=CCN(C)C)C(N)=O. The van der Waals surface area contributed by atoms with Crippen LogP contribution in [0.25, 0.3) is 16.5 Å². The minimum atomic E-state index is -1.31. The smallest absolute Gasteiger partial charge is 0.249 e. The number of aliphatic hydroxyl groups is 1. The number of benzene rings is 3. The molecule has 0 radical (unpaired) electrons. The molecule has 0 unspecified atom stereocenters. The Morgan fingerprint density at radius 3 is 2.60 bits per heavy atom. The van der Waals surface area contributed by atoms with Gasteiger partial charge in [0.25, 0.3) is 0 Å². The number of nitrogens with one attached hydrogen (secondary N) is 1. The van der Waals surface area contributed by atoms with E-state index in [0.717, 1.165) is 0 Å². The molecule has 0 aliphatic carbocycles. The molecule has 1 aromatic heterocycles. The van der Waals surface area contributed by atoms with Gasteiger partial charge in [-0.3, -0.25) is 4.79 Å². The van der Waals surface area contributed by atoms with E-state index in [1.807, 2.05) is 19.0 Å². The van der Waals surface area contributed by atoms with Crippen molar-refractivity contribution in [1.82, 2.24) is 14.9 Å². The van der Waals surface area contributed by atoms with E-state index in [1.54, 1.807) is 68.5 Å². The van der Waals surface area contributed by atoms with E-state index in [2.05, 4.69) is 21.4 Å². The number of primary amides is 1. The Labute approximate surface area is 249 Å². The highest BCUT2D eigenvalue weighted by Crippen LogP contribution is 2.41. The number of aromatic nitrogens is 2. The lowest BCUT2D eigenvalue weighted by Gasteiger charge is -2.24. The molecule has 1 heterocycles. The van der Waals surface area contributed by atoms with Crippen LogP contribution >= 0.6 is 11.6 Å². The minimum absolute atomic E-state index is 0.260. The minimum Gasteiger partial charge on any atom is -0.496 e. The summed E-state index contributed by atoms with van der Waals surface area (Å²) in [4.78, 5) is 23.2. The number of likely N-dealkylation sites (N-methyl/N-ethyl adjacent to an activating group) is 1. The number of nitriles is 1. The average molecular weight is 587 g/mol. The monoisotopic (exact) mass is 586 g/mol. The van der Waals surface area contributed by atoms with E-state index < -0.39 is 11.5 Å². The Morgan fingerprint density at radius 1 is 1.19 bits per heavy atom. The highest BCUT2D eigenvalue weighted by molar-refractivity contribution is 6.32. The van der Waals surface area contributed by atoms with Crippen LogP contribution in [0.1, 0.15) is 30.5 Å². The third kappa shape index (κ3) is 6.78. The van der Waals surface area contributed by atoms with Gasteiger partial charge in [-0.2, -0.15) is 5.26 Å². The van der Waals surface area contributed by atoms with Gasteiger partial charge < -0.3 is 30.5 Å². The van der Waals surface area contributed by atoms with Crippen molar-refractivity contribution in [2.24, 2.45) is 5.73 Å². The van der Waals surface area contributed by atoms with Crippen LogP contribution in [0.3, 0.4) is 0 Å². The first kappa shape index (κ1) is 30.3. The van der Waals surface area contributed by atoms with E-state index in [1.165, 1.54) is 13.4 Å². The number of hydrogen-bond donors (Lipinski definition) is 3. The summed E-state index contributed by atoms with van der Waals surface area (Å²) >= 11 is 6.64. The summed E-state index contributed by atoms with van der Waals surface area (Å²) in [6, 6.07) is 15.5. The molecule has 11 heteroatoms. The normalized spacial score (nSPS) is 11.8. The molecule has 216 valence electrons. The summed E-state index contributed by atoms with van der Waals surface area (Å²) in [5, 5.41) is 24.4. The van der Waals surface area contributed by atoms with Gasteiger partial charge in [0.1, 0.15) is 29.4 Å². The molecule has 0 saturated carbocycles. The molecule has 4 rings (SSSR count). The summed E-state index contributed by atoms with van der Waals surface area (Å²) in [6.07, 6.45) is 3.13. The van der Waals surface area contributed by atoms with Crippen LogP contribution < -0.4 is 20.5 Å². The van der Waals surface area contributed by atoms with Crippen LogP contribution in [0.4, 0.5) is 11.5 Å². The number of nitrogens with two attached hydrogens (primary N) is 1. The zero-order chi connectivity index (χ0) is 30.6. The molecule has 0 fully saturated rings. The van der Waals surface area contributed by atoms with Crippen LogP contribution in [0.2, 0.25) is 5.02 Å². The Bertz CT molecular complexity index is 1720. The van der Waals surface area contributed by atoms with E-state index in [9.17, 15) is 15.2 Å². The summed E-state index contributed by atoms with van der Waals surface area (Å²) in [5.41, 5.74) is 7.16. The molecule has 0 atom stereocenters. The Kier molecular flexibility index (Phi) is 8.97. The number of methoxy groups -OCH3 is 1. The van der Waals surface area contributed by atoms with Gasteiger partial charge in [-0.25, -0.2) is 9.97 Å². The number of ether oxygens (including phenoxy) is 2. The molecule has 0 bridgehead atoms. The second-order valence-electron chi connectivity index (χ2n) is 10.3. The van der Waals surface area contributed by atoms with Gasteiger partial charge in [0.2, 0.25) is 5.91 Å². The number of amides is 1. The number of carbonyl (C=O) groups excluding carboxylic acids is 1. The molecule has 0 aliphatic heterocycles. The van der Waals surface area contributed by atoms with Gasteiger partial charge in [0.15, 0.2) is 0 Å². The lowest BCUT2D eigenvalue weighted by Crippen LogP contribution is -2.18. The maximum absolute atomic E-state index is 12.4. The number of nitrogens with zero attached hydrogens (tertiary/aromatic N) is 4. The molecule has 4 aromatic rings. The van der Waals surface area contributed by atoms with E-state index >= 15 is 0 Å². The molecular weight excluding hydrogens is 556 g/mol. The van der Waals surface area contributed by atoms with Crippen molar-refractivity contribution < 1.29 is 19.4 Å². The van der Waals surface area contributed by atoms with Crippen LogP contribution in [0, 0.1) is 11.3 Å². The van der Waals surface area contributed by atoms with Gasteiger partial charge in [-0.05, 0) is 64.3 Å². The number of anilines is 2. The standard InChI is InChI=1S/C31H31ClN6O4/c1-31(2,40)23-13-28(42-19-8-6-7-18(11-19)16-33)24(32)14-26(23)37-30-22-12-21(20(29(34)39)9-10-38(3)4)27(41-5)15-25(22)35-17-36-30/h6-9,11-15,17,40H,10H2,1-5H3,(H2,34,39)(H,35,36,37). The highest BCUT2D eigenvalue weighted by atomic mass is 35.5. The van der Waals surface area contributed by atoms with E-state index in [0.29, 0.717) is 68.5 Å². The largest absolute Gasteiger partial charge is 0.496 e. The predicted molar refractivity (Wildman–Crippen MR) is 163 cm³/mol. The van der Waals surface area contributed by atoms with Crippen molar-refractivity contribution >= 4 is 45.5 Å². The molecule has 0 saturated heterocycles. The maximum Gasteiger partial charge on any atom is 0.249 e. The van der Waals surface area contributed by atoms with Crippen molar-refractivity contribution in [2.45, 2.75) is 19.4 Å². The fourth-order valence-corrected chi connectivity index (χ4v) is 4.51. The first-order valence-electron chi connectivity index (χ1n) is 12.9. The van der Waals surface area contributed by atoms with Crippen LogP contribution in [0.15, 0.2) is 60.9 Å². The van der Waals surface area contributed by atoms with Crippen LogP contribution in [-0.2, 0) is 10.4 Å². The topological polar surface area (TPSA) is 147 Å². The number of fused-ring (bicyclic) bond motifs is 1. The number of rotatable bonds is 10. The lowest BCUT2D eigenvalue weighted by atomic mass is 9.95. The molecule has 3 aromatic carbocycles. The molecular formula is C31H31ClN6O4. The predicted octanol–water partition coefficient (Wildman–Crippen LogP) is 5.36. The molecule has 10 nitrogen and oxygen atoms in total. The van der Waals surface area contributed by atoms with Crippen LogP contribution in [-0.4, -0.2) is 53.6 Å². The number of halogens is 1. The van der Waals surface area contributed by atoms with Gasteiger partial charge in [0.05, 0.1) is 34.9 Å². The Hall–Kier alpha value is -4.69. The lowest BCUT2D eigenvalue weighted by molar-refractivity contribution is -0.112. The van der Waals surface area contributed by atoms with Crippen molar-refractivity contribution in [3.63, 3.8) is 0 Å². The fraction of sp³-hybridized carbons (Fsp3) is 0.226. The molecule has 1 amide bonds. The summed E-state index contributed by atoms with van der Waals surface area (Å²) in [7, 11) is 5.27. The molecule has 4 N–H and O–H groups in total. The second kappa shape index (κ2) is 12.4. The van der Waals surface area contributed by atoms with Crippen molar-refractivity contribution in [3.05, 3.63) is 82.6 Å². The maximum atomic E-state index is 12.4. The first-order valence-corrected chi connectivity index (χ1v) is 13.3. The quantitative estimate of drug-likeness (QED) is 0.209. The fourth-order valence-electron chi connectivity index (χ4n) is 4.30. The van der Waals surface area contributed by atoms with Gasteiger partial charge in [-0.1, -0.05) is 23.7 Å². The second-order valence-corrected chi connectivity index (χ2v) is 10.7. The highest BCUT2D eigenvalue weighted by Gasteiger charge is 2.25. The van der Waals surface area contributed by atoms with E-state index in [4.69, 9.17) is 26.8 Å². The summed E-state index contributed by atoms with van der Waals surface area (Å²) in [5.74, 6) is 0.948. The Balaban J connectivity index is 1.83. The number of hydrogen-bond acceptors (Lipinski definition) is 9. The molecule has 0 aliphatic rings. The summed E-state index contributed by atoms with van der Waals surface area (Å²) in [6.45, 7) is 3.76.